The van der Waals surface area contributed by atoms with Crippen LogP contribution in [-0.4, -0.2) is 18.2 Å². The maximum Gasteiger partial charge on any atom is 0.300 e. The van der Waals surface area contributed by atoms with Crippen LogP contribution in [0.3, 0.4) is 0 Å². The van der Waals surface area contributed by atoms with E-state index in [0.29, 0.717) is 24.2 Å². The molecule has 4 heteroatoms. The maximum atomic E-state index is 12.8. The van der Waals surface area contributed by atoms with E-state index in [4.69, 9.17) is 0 Å². The smallest absolute Gasteiger partial charge is 0.300 e. The Morgan fingerprint density at radius 2 is 1.87 bits per heavy atom. The largest absolute Gasteiger partial charge is 0.382 e. The molecular weight excluding hydrogens is 288 g/mol. The van der Waals surface area contributed by atoms with Gasteiger partial charge in [-0.05, 0) is 24.6 Å². The van der Waals surface area contributed by atoms with Crippen LogP contribution in [0, 0.1) is 0 Å². The van der Waals surface area contributed by atoms with Crippen LogP contribution >= 0.6 is 0 Å². The Kier molecular flexibility index (Phi) is 2.88. The van der Waals surface area contributed by atoms with Gasteiger partial charge >= 0.3 is 0 Å². The zero-order valence-corrected chi connectivity index (χ0v) is 12.6. The zero-order valence-electron chi connectivity index (χ0n) is 12.6. The van der Waals surface area contributed by atoms with E-state index in [0.717, 1.165) is 11.3 Å². The van der Waals surface area contributed by atoms with Crippen molar-refractivity contribution in [1.82, 2.24) is 0 Å². The number of carbonyl (C=O) groups is 2. The molecule has 0 spiro atoms. The molecular formula is C19H16N2O2. The van der Waals surface area contributed by atoms with Crippen molar-refractivity contribution in [1.29, 1.82) is 0 Å². The average molecular weight is 304 g/mol. The summed E-state index contributed by atoms with van der Waals surface area (Å²) in [6.45, 7) is 4.42. The molecule has 0 bridgehead atoms. The van der Waals surface area contributed by atoms with E-state index in [-0.39, 0.29) is 0 Å². The Labute approximate surface area is 134 Å². The topological polar surface area (TPSA) is 49.4 Å². The molecule has 4 rings (SSSR count). The monoisotopic (exact) mass is 304 g/mol. The lowest BCUT2D eigenvalue weighted by Crippen LogP contribution is -2.50. The molecule has 2 aliphatic rings. The summed E-state index contributed by atoms with van der Waals surface area (Å²) >= 11 is 0. The summed E-state index contributed by atoms with van der Waals surface area (Å²) in [6, 6.07) is 15.1. The summed E-state index contributed by atoms with van der Waals surface area (Å²) in [5.74, 6) is -0.903. The highest BCUT2D eigenvalue weighted by molar-refractivity contribution is 6.52. The summed E-state index contributed by atoms with van der Waals surface area (Å²) in [5, 5.41) is 3.37. The Hall–Kier alpha value is -2.88. The number of Topliss-reactive ketones (excluding diaryl/α,β-unsaturated/α-hetero) is 1. The highest BCUT2D eigenvalue weighted by Crippen LogP contribution is 2.47. The van der Waals surface area contributed by atoms with Gasteiger partial charge in [0.25, 0.3) is 11.7 Å². The fourth-order valence-corrected chi connectivity index (χ4v) is 3.70. The number of hydrogen-bond donors (Lipinski definition) is 1. The van der Waals surface area contributed by atoms with Gasteiger partial charge in [0.05, 0.1) is 16.8 Å². The lowest BCUT2D eigenvalue weighted by Gasteiger charge is -2.38. The van der Waals surface area contributed by atoms with Gasteiger partial charge in [-0.25, -0.2) is 0 Å². The SMILES string of the molecule is C=CCC1(N2C(=O)C(=O)c3ccccc32)CNc2ccccc21. The van der Waals surface area contributed by atoms with Gasteiger partial charge in [0.2, 0.25) is 0 Å². The van der Waals surface area contributed by atoms with Crippen molar-refractivity contribution < 1.29 is 9.59 Å². The van der Waals surface area contributed by atoms with Crippen molar-refractivity contribution in [3.63, 3.8) is 0 Å². The number of para-hydroxylation sites is 2. The van der Waals surface area contributed by atoms with Gasteiger partial charge in [-0.1, -0.05) is 36.4 Å². The number of nitrogens with one attached hydrogen (secondary N) is 1. The molecule has 1 amide bonds. The van der Waals surface area contributed by atoms with E-state index in [2.05, 4.69) is 11.9 Å². The van der Waals surface area contributed by atoms with Crippen molar-refractivity contribution >= 4 is 23.1 Å². The van der Waals surface area contributed by atoms with Gasteiger partial charge in [0, 0.05) is 17.8 Å². The van der Waals surface area contributed by atoms with Gasteiger partial charge in [-0.2, -0.15) is 0 Å². The average Bonchev–Trinajstić information content (AvgIpc) is 3.06. The number of amides is 1. The summed E-state index contributed by atoms with van der Waals surface area (Å²) in [6.07, 6.45) is 2.38. The van der Waals surface area contributed by atoms with Crippen molar-refractivity contribution in [2.75, 3.05) is 16.8 Å². The third-order valence-electron chi connectivity index (χ3n) is 4.70. The zero-order chi connectivity index (χ0) is 16.0. The number of benzene rings is 2. The van der Waals surface area contributed by atoms with E-state index in [1.54, 1.807) is 17.0 Å². The number of fused-ring (bicyclic) bond motifs is 2. The number of nitrogens with zero attached hydrogens (tertiary/aromatic N) is 1. The Balaban J connectivity index is 1.96. The predicted octanol–water partition coefficient (Wildman–Crippen LogP) is 3.11. The predicted molar refractivity (Wildman–Crippen MR) is 89.7 cm³/mol. The number of hydrogen-bond acceptors (Lipinski definition) is 3. The van der Waals surface area contributed by atoms with Gasteiger partial charge in [0.15, 0.2) is 0 Å². The third kappa shape index (κ3) is 1.72. The van der Waals surface area contributed by atoms with Crippen molar-refractivity contribution in [2.45, 2.75) is 12.0 Å². The molecule has 2 aromatic carbocycles. The van der Waals surface area contributed by atoms with Crippen LogP contribution in [0.2, 0.25) is 0 Å². The molecule has 4 nitrogen and oxygen atoms in total. The lowest BCUT2D eigenvalue weighted by atomic mass is 9.86. The fraction of sp³-hybridized carbons (Fsp3) is 0.158. The second-order valence-corrected chi connectivity index (χ2v) is 5.91. The van der Waals surface area contributed by atoms with Crippen LogP contribution in [0.1, 0.15) is 22.3 Å². The van der Waals surface area contributed by atoms with Crippen molar-refractivity contribution in [3.05, 3.63) is 72.3 Å². The molecule has 0 fully saturated rings. The van der Waals surface area contributed by atoms with Gasteiger partial charge < -0.3 is 5.32 Å². The molecule has 0 aliphatic carbocycles. The summed E-state index contributed by atoms with van der Waals surface area (Å²) in [7, 11) is 0. The van der Waals surface area contributed by atoms with Gasteiger partial charge in [0.1, 0.15) is 0 Å². The second-order valence-electron chi connectivity index (χ2n) is 5.91. The molecule has 114 valence electrons. The van der Waals surface area contributed by atoms with Crippen LogP contribution < -0.4 is 10.2 Å². The first-order chi connectivity index (χ1) is 11.2. The minimum absolute atomic E-state index is 0.437. The van der Waals surface area contributed by atoms with Crippen LogP contribution in [-0.2, 0) is 10.3 Å². The molecule has 1 atom stereocenters. The first kappa shape index (κ1) is 13.8. The van der Waals surface area contributed by atoms with E-state index >= 15 is 0 Å². The first-order valence-electron chi connectivity index (χ1n) is 7.61. The third-order valence-corrected chi connectivity index (χ3v) is 4.70. The highest BCUT2D eigenvalue weighted by atomic mass is 16.2. The molecule has 0 saturated carbocycles. The summed E-state index contributed by atoms with van der Waals surface area (Å²) < 4.78 is 0. The molecule has 0 aromatic heterocycles. The van der Waals surface area contributed by atoms with E-state index < -0.39 is 17.2 Å². The van der Waals surface area contributed by atoms with Gasteiger partial charge in [-0.15, -0.1) is 6.58 Å². The Morgan fingerprint density at radius 3 is 2.70 bits per heavy atom. The Bertz CT molecular complexity index is 843. The Morgan fingerprint density at radius 1 is 1.13 bits per heavy atom. The van der Waals surface area contributed by atoms with E-state index in [1.807, 2.05) is 42.5 Å². The molecule has 0 saturated heterocycles. The lowest BCUT2D eigenvalue weighted by molar-refractivity contribution is -0.115. The first-order valence-corrected chi connectivity index (χ1v) is 7.61. The molecule has 1 N–H and O–H groups in total. The normalized spacial score (nSPS) is 21.8. The molecule has 0 radical (unpaired) electrons. The number of ketones is 1. The van der Waals surface area contributed by atoms with Crippen LogP contribution in [0.15, 0.2) is 61.2 Å². The van der Waals surface area contributed by atoms with Crippen LogP contribution in [0.5, 0.6) is 0 Å². The molecule has 1 unspecified atom stereocenters. The van der Waals surface area contributed by atoms with Gasteiger partial charge in [-0.3, -0.25) is 14.5 Å². The number of anilines is 2. The second kappa shape index (κ2) is 4.81. The number of carbonyl (C=O) groups excluding carboxylic acids is 2. The maximum absolute atomic E-state index is 12.8. The number of rotatable bonds is 3. The molecule has 2 aromatic rings. The molecule has 23 heavy (non-hydrogen) atoms. The highest BCUT2D eigenvalue weighted by Gasteiger charge is 2.51. The fourth-order valence-electron chi connectivity index (χ4n) is 3.70. The standard InChI is InChI=1S/C19H16N2O2/c1-2-11-19(12-20-15-9-5-4-8-14(15)19)21-16-10-6-3-7-13(16)17(22)18(21)23/h2-10,20H,1,11-12H2. The minimum Gasteiger partial charge on any atom is -0.382 e. The van der Waals surface area contributed by atoms with E-state index in [9.17, 15) is 9.59 Å². The van der Waals surface area contributed by atoms with Crippen molar-refractivity contribution in [3.8, 4) is 0 Å². The van der Waals surface area contributed by atoms with Crippen LogP contribution in [0.25, 0.3) is 0 Å². The van der Waals surface area contributed by atoms with E-state index in [1.165, 1.54) is 0 Å². The van der Waals surface area contributed by atoms with Crippen molar-refractivity contribution in [2.24, 2.45) is 0 Å². The van der Waals surface area contributed by atoms with Crippen LogP contribution in [0.4, 0.5) is 11.4 Å². The molecule has 2 heterocycles. The quantitative estimate of drug-likeness (QED) is 0.700. The summed E-state index contributed by atoms with van der Waals surface area (Å²) in [5.41, 5.74) is 2.57. The molecule has 2 aliphatic heterocycles. The summed E-state index contributed by atoms with van der Waals surface area (Å²) in [4.78, 5) is 26.8. The minimum atomic E-state index is -0.613.